The fourth-order valence-corrected chi connectivity index (χ4v) is 4.83. The van der Waals surface area contributed by atoms with E-state index in [0.717, 1.165) is 21.7 Å². The fourth-order valence-electron chi connectivity index (χ4n) is 3.95. The highest BCUT2D eigenvalue weighted by Gasteiger charge is 2.33. The van der Waals surface area contributed by atoms with Crippen LogP contribution in [0.2, 0.25) is 0 Å². The van der Waals surface area contributed by atoms with E-state index < -0.39 is 34.1 Å². The summed E-state index contributed by atoms with van der Waals surface area (Å²) in [6, 6.07) is 13.6. The van der Waals surface area contributed by atoms with E-state index in [-0.39, 0.29) is 12.5 Å². The highest BCUT2D eigenvalue weighted by molar-refractivity contribution is 7.92. The van der Waals surface area contributed by atoms with Crippen molar-refractivity contribution in [2.24, 2.45) is 0 Å². The van der Waals surface area contributed by atoms with E-state index in [1.54, 1.807) is 31.4 Å². The zero-order valence-electron chi connectivity index (χ0n) is 22.4. The van der Waals surface area contributed by atoms with Gasteiger partial charge in [-0.3, -0.25) is 13.9 Å². The number of amides is 2. The Labute approximate surface area is 215 Å². The molecule has 2 aromatic carbocycles. The quantitative estimate of drug-likeness (QED) is 0.490. The summed E-state index contributed by atoms with van der Waals surface area (Å²) in [5.41, 5.74) is 1.59. The summed E-state index contributed by atoms with van der Waals surface area (Å²) < 4.78 is 32.0. The molecular formula is C27H39N3O5S. The second-order valence-corrected chi connectivity index (χ2v) is 11.7. The van der Waals surface area contributed by atoms with Gasteiger partial charge in [0, 0.05) is 12.1 Å². The van der Waals surface area contributed by atoms with E-state index in [1.165, 1.54) is 4.90 Å². The number of nitrogens with zero attached hydrogens (tertiary/aromatic N) is 2. The van der Waals surface area contributed by atoms with Gasteiger partial charge in [0.1, 0.15) is 18.3 Å². The van der Waals surface area contributed by atoms with Crippen LogP contribution in [-0.2, 0) is 32.6 Å². The first-order valence-corrected chi connectivity index (χ1v) is 14.0. The number of hydrogen-bond donors (Lipinski definition) is 1. The maximum atomic E-state index is 13.8. The molecule has 0 heterocycles. The Morgan fingerprint density at radius 1 is 1.03 bits per heavy atom. The normalized spacial score (nSPS) is 12.5. The second-order valence-electron chi connectivity index (χ2n) is 9.78. The van der Waals surface area contributed by atoms with Gasteiger partial charge in [-0.1, -0.05) is 44.2 Å². The van der Waals surface area contributed by atoms with Crippen LogP contribution in [0.3, 0.4) is 0 Å². The average molecular weight is 518 g/mol. The summed E-state index contributed by atoms with van der Waals surface area (Å²) in [7, 11) is -2.20. The molecule has 1 atom stereocenters. The molecule has 36 heavy (non-hydrogen) atoms. The minimum absolute atomic E-state index is 0.145. The van der Waals surface area contributed by atoms with Gasteiger partial charge in [0.05, 0.1) is 19.1 Å². The molecular weight excluding hydrogens is 478 g/mol. The first kappa shape index (κ1) is 29.2. The molecule has 0 aliphatic carbocycles. The lowest BCUT2D eigenvalue weighted by atomic mass is 10.1. The number of carbonyl (C=O) groups is 2. The molecule has 2 aromatic rings. The predicted molar refractivity (Wildman–Crippen MR) is 144 cm³/mol. The van der Waals surface area contributed by atoms with Crippen LogP contribution in [0.4, 0.5) is 5.69 Å². The van der Waals surface area contributed by atoms with Gasteiger partial charge in [-0.25, -0.2) is 8.42 Å². The van der Waals surface area contributed by atoms with Crippen LogP contribution in [0, 0.1) is 0 Å². The Balaban J connectivity index is 2.49. The predicted octanol–water partition coefficient (Wildman–Crippen LogP) is 3.75. The Hall–Kier alpha value is -3.07. The van der Waals surface area contributed by atoms with Crippen LogP contribution in [0.1, 0.15) is 52.2 Å². The molecule has 0 saturated carbocycles. The topological polar surface area (TPSA) is 96.0 Å². The molecule has 0 aliphatic rings. The fraction of sp³-hybridized carbons (Fsp3) is 0.481. The molecule has 9 heteroatoms. The lowest BCUT2D eigenvalue weighted by molar-refractivity contribution is -0.141. The third-order valence-corrected chi connectivity index (χ3v) is 6.84. The Morgan fingerprint density at radius 3 is 2.14 bits per heavy atom. The van der Waals surface area contributed by atoms with Gasteiger partial charge in [0.15, 0.2) is 0 Å². The lowest BCUT2D eigenvalue weighted by Crippen LogP contribution is -2.55. The van der Waals surface area contributed by atoms with E-state index in [9.17, 15) is 18.0 Å². The smallest absolute Gasteiger partial charge is 0.244 e. The van der Waals surface area contributed by atoms with Crippen LogP contribution in [-0.4, -0.2) is 56.6 Å². The van der Waals surface area contributed by atoms with Crippen molar-refractivity contribution >= 4 is 27.5 Å². The minimum Gasteiger partial charge on any atom is -0.497 e. The molecule has 2 amide bonds. The van der Waals surface area contributed by atoms with Crippen LogP contribution in [0.15, 0.2) is 48.5 Å². The molecule has 0 aliphatic heterocycles. The third-order valence-electron chi connectivity index (χ3n) is 5.72. The third kappa shape index (κ3) is 7.98. The average Bonchev–Trinajstić information content (AvgIpc) is 2.80. The number of carbonyl (C=O) groups excluding carboxylic acids is 2. The number of ether oxygens (including phenoxy) is 1. The molecule has 0 fully saturated rings. The van der Waals surface area contributed by atoms with E-state index in [1.807, 2.05) is 58.9 Å². The maximum absolute atomic E-state index is 13.8. The SMILES string of the molecule is CCc1ccccc1N(CC(=O)N(Cc1ccc(OC)cc1)[C@H](CC)C(=O)NC(C)(C)C)S(C)(=O)=O. The van der Waals surface area contributed by atoms with E-state index in [4.69, 9.17) is 4.74 Å². The van der Waals surface area contributed by atoms with Gasteiger partial charge in [-0.15, -0.1) is 0 Å². The van der Waals surface area contributed by atoms with Gasteiger partial charge < -0.3 is 15.0 Å². The van der Waals surface area contributed by atoms with Crippen LogP contribution >= 0.6 is 0 Å². The first-order chi connectivity index (χ1) is 16.8. The van der Waals surface area contributed by atoms with Crippen LogP contribution in [0.5, 0.6) is 5.75 Å². The number of hydrogen-bond acceptors (Lipinski definition) is 5. The molecule has 0 unspecified atom stereocenters. The van der Waals surface area contributed by atoms with Crippen molar-refractivity contribution in [1.29, 1.82) is 0 Å². The van der Waals surface area contributed by atoms with E-state index in [2.05, 4.69) is 5.32 Å². The van der Waals surface area contributed by atoms with Crippen molar-refractivity contribution in [3.63, 3.8) is 0 Å². The molecule has 198 valence electrons. The molecule has 0 radical (unpaired) electrons. The Bertz CT molecular complexity index is 1140. The summed E-state index contributed by atoms with van der Waals surface area (Å²) >= 11 is 0. The highest BCUT2D eigenvalue weighted by Crippen LogP contribution is 2.24. The van der Waals surface area contributed by atoms with E-state index >= 15 is 0 Å². The zero-order valence-corrected chi connectivity index (χ0v) is 23.2. The van der Waals surface area contributed by atoms with Gasteiger partial charge >= 0.3 is 0 Å². The highest BCUT2D eigenvalue weighted by atomic mass is 32.2. The number of rotatable bonds is 11. The molecule has 0 spiro atoms. The van der Waals surface area contributed by atoms with Crippen LogP contribution < -0.4 is 14.4 Å². The van der Waals surface area contributed by atoms with Crippen molar-refractivity contribution in [2.75, 3.05) is 24.2 Å². The summed E-state index contributed by atoms with van der Waals surface area (Å²) in [6.07, 6.45) is 2.07. The summed E-state index contributed by atoms with van der Waals surface area (Å²) in [6.45, 7) is 9.13. The number of benzene rings is 2. The largest absolute Gasteiger partial charge is 0.497 e. The minimum atomic E-state index is -3.77. The van der Waals surface area contributed by atoms with Gasteiger partial charge in [-0.2, -0.15) is 0 Å². The number of nitrogens with one attached hydrogen (secondary N) is 1. The standard InChI is InChI=1S/C27H39N3O5S/c1-8-21-12-10-11-13-24(21)30(36(7,33)34)19-25(31)29(18-20-14-16-22(35-6)17-15-20)23(9-2)26(32)28-27(3,4)5/h10-17,23H,8-9,18-19H2,1-7H3,(H,28,32)/t23-/m1/s1. The number of sulfonamides is 1. The Morgan fingerprint density at radius 2 is 1.64 bits per heavy atom. The molecule has 0 saturated heterocycles. The summed E-state index contributed by atoms with van der Waals surface area (Å²) in [5, 5.41) is 2.96. The lowest BCUT2D eigenvalue weighted by Gasteiger charge is -2.34. The van der Waals surface area contributed by atoms with Crippen molar-refractivity contribution in [2.45, 2.75) is 65.6 Å². The molecule has 8 nitrogen and oxygen atoms in total. The first-order valence-electron chi connectivity index (χ1n) is 12.1. The van der Waals surface area contributed by atoms with Gasteiger partial charge in [0.2, 0.25) is 21.8 Å². The van der Waals surface area contributed by atoms with Crippen molar-refractivity contribution < 1.29 is 22.7 Å². The summed E-state index contributed by atoms with van der Waals surface area (Å²) in [5.74, 6) is -0.0710. The van der Waals surface area contributed by atoms with Crippen molar-refractivity contribution in [3.8, 4) is 5.75 Å². The summed E-state index contributed by atoms with van der Waals surface area (Å²) in [4.78, 5) is 28.5. The molecule has 2 rings (SSSR count). The number of methoxy groups -OCH3 is 1. The number of anilines is 1. The van der Waals surface area contributed by atoms with Gasteiger partial charge in [0.25, 0.3) is 0 Å². The van der Waals surface area contributed by atoms with Gasteiger partial charge in [-0.05, 0) is 62.9 Å². The second kappa shape index (κ2) is 12.3. The van der Waals surface area contributed by atoms with E-state index in [0.29, 0.717) is 24.3 Å². The van der Waals surface area contributed by atoms with Crippen molar-refractivity contribution in [3.05, 3.63) is 59.7 Å². The maximum Gasteiger partial charge on any atom is 0.244 e. The number of aryl methyl sites for hydroxylation is 1. The molecule has 1 N–H and O–H groups in total. The van der Waals surface area contributed by atoms with Crippen LogP contribution in [0.25, 0.3) is 0 Å². The van der Waals surface area contributed by atoms with Crippen molar-refractivity contribution in [1.82, 2.24) is 10.2 Å². The molecule has 0 bridgehead atoms. The number of para-hydroxylation sites is 1. The Kier molecular flexibility index (Phi) is 9.93. The molecule has 0 aromatic heterocycles. The zero-order chi connectivity index (χ0) is 27.1. The monoisotopic (exact) mass is 517 g/mol.